The Bertz CT molecular complexity index is 483. The fourth-order valence-corrected chi connectivity index (χ4v) is 2.36. The van der Waals surface area contributed by atoms with Crippen LogP contribution < -0.4 is 5.32 Å². The second-order valence-electron chi connectivity index (χ2n) is 4.55. The van der Waals surface area contributed by atoms with Gasteiger partial charge in [-0.05, 0) is 31.0 Å². The average molecular weight is 302 g/mol. The number of nitrogens with one attached hydrogen (secondary N) is 1. The third kappa shape index (κ3) is 3.69. The van der Waals surface area contributed by atoms with Crippen molar-refractivity contribution in [3.05, 3.63) is 34.6 Å². The van der Waals surface area contributed by atoms with E-state index in [-0.39, 0.29) is 29.7 Å². The summed E-state index contributed by atoms with van der Waals surface area (Å²) in [5.74, 6) is -0.774. The van der Waals surface area contributed by atoms with E-state index in [1.54, 1.807) is 13.0 Å². The molecule has 0 bridgehead atoms. The summed E-state index contributed by atoms with van der Waals surface area (Å²) in [5.41, 5.74) is 0.714. The lowest BCUT2D eigenvalue weighted by Crippen LogP contribution is -2.36. The van der Waals surface area contributed by atoms with Gasteiger partial charge < -0.3 is 14.8 Å². The molecule has 0 unspecified atom stereocenters. The van der Waals surface area contributed by atoms with Crippen LogP contribution in [0.25, 0.3) is 0 Å². The molecule has 1 N–H and O–H groups in total. The van der Waals surface area contributed by atoms with Gasteiger partial charge >= 0.3 is 5.97 Å². The van der Waals surface area contributed by atoms with Crippen LogP contribution in [0.5, 0.6) is 0 Å². The number of esters is 1. The number of ether oxygens (including phenoxy) is 2. The van der Waals surface area contributed by atoms with Gasteiger partial charge in [0.05, 0.1) is 24.3 Å². The predicted molar refractivity (Wildman–Crippen MR) is 73.1 cm³/mol. The highest BCUT2D eigenvalue weighted by atomic mass is 35.5. The molecule has 1 fully saturated rings. The molecule has 1 aliphatic heterocycles. The number of carbonyl (C=O) groups excluding carboxylic acids is 1. The molecule has 0 spiro atoms. The van der Waals surface area contributed by atoms with Crippen molar-refractivity contribution in [3.63, 3.8) is 0 Å². The van der Waals surface area contributed by atoms with E-state index in [0.29, 0.717) is 18.8 Å². The van der Waals surface area contributed by atoms with E-state index in [1.165, 1.54) is 12.1 Å². The Balaban J connectivity index is 1.99. The molecule has 1 aromatic rings. The first-order valence-electron chi connectivity index (χ1n) is 6.57. The highest BCUT2D eigenvalue weighted by molar-refractivity contribution is 6.30. The normalized spacial score (nSPS) is 21.9. The van der Waals surface area contributed by atoms with Crippen LogP contribution in [0, 0.1) is 5.82 Å². The number of carbonyl (C=O) groups is 1. The van der Waals surface area contributed by atoms with Gasteiger partial charge in [-0.3, -0.25) is 4.79 Å². The van der Waals surface area contributed by atoms with E-state index >= 15 is 0 Å². The van der Waals surface area contributed by atoms with Crippen molar-refractivity contribution < 1.29 is 18.7 Å². The zero-order valence-electron chi connectivity index (χ0n) is 11.2. The molecule has 110 valence electrons. The maximum Gasteiger partial charge on any atom is 0.319 e. The van der Waals surface area contributed by atoms with Crippen molar-refractivity contribution in [2.75, 3.05) is 19.8 Å². The summed E-state index contributed by atoms with van der Waals surface area (Å²) >= 11 is 5.67. The average Bonchev–Trinajstić information content (AvgIpc) is 2.88. The Morgan fingerprint density at radius 3 is 3.10 bits per heavy atom. The van der Waals surface area contributed by atoms with Gasteiger partial charge in [-0.25, -0.2) is 4.39 Å². The lowest BCUT2D eigenvalue weighted by atomic mass is 10.0. The molecule has 0 aromatic heterocycles. The maximum absolute atomic E-state index is 13.5. The summed E-state index contributed by atoms with van der Waals surface area (Å²) in [7, 11) is 0. The zero-order chi connectivity index (χ0) is 14.5. The molecule has 20 heavy (non-hydrogen) atoms. The molecule has 0 radical (unpaired) electrons. The van der Waals surface area contributed by atoms with Crippen molar-refractivity contribution in [2.45, 2.75) is 25.5 Å². The number of rotatable bonds is 5. The van der Waals surface area contributed by atoms with Crippen LogP contribution >= 0.6 is 11.6 Å². The van der Waals surface area contributed by atoms with Crippen LogP contribution in [0.2, 0.25) is 5.02 Å². The molecule has 1 saturated heterocycles. The summed E-state index contributed by atoms with van der Waals surface area (Å²) in [6.45, 7) is 2.80. The lowest BCUT2D eigenvalue weighted by molar-refractivity contribution is -0.142. The van der Waals surface area contributed by atoms with E-state index in [9.17, 15) is 9.18 Å². The third-order valence-corrected chi connectivity index (χ3v) is 3.48. The summed E-state index contributed by atoms with van der Waals surface area (Å²) in [6.07, 6.45) is 0.477. The van der Waals surface area contributed by atoms with Crippen LogP contribution in [0.1, 0.15) is 25.0 Å². The van der Waals surface area contributed by atoms with Crippen molar-refractivity contribution >= 4 is 17.6 Å². The molecule has 0 amide bonds. The van der Waals surface area contributed by atoms with Gasteiger partial charge in [0.25, 0.3) is 0 Å². The standard InChI is InChI=1S/C14H17ClFNO3/c1-2-19-13(18)8-17-12-5-6-20-14(12)9-3-4-10(15)11(16)7-9/h3-4,7,12,14,17H,2,5-6,8H2,1H3/t12-,14+/m1/s1. The van der Waals surface area contributed by atoms with Crippen LogP contribution in [0.3, 0.4) is 0 Å². The van der Waals surface area contributed by atoms with Crippen molar-refractivity contribution in [1.82, 2.24) is 5.32 Å². The Morgan fingerprint density at radius 2 is 2.40 bits per heavy atom. The lowest BCUT2D eigenvalue weighted by Gasteiger charge is -2.20. The number of benzene rings is 1. The number of halogens is 2. The van der Waals surface area contributed by atoms with Gasteiger partial charge in [0, 0.05) is 12.6 Å². The van der Waals surface area contributed by atoms with Crippen molar-refractivity contribution in [1.29, 1.82) is 0 Å². The molecule has 0 saturated carbocycles. The van der Waals surface area contributed by atoms with Crippen LogP contribution in [-0.4, -0.2) is 31.8 Å². The summed E-state index contributed by atoms with van der Waals surface area (Å²) in [6, 6.07) is 4.58. The fourth-order valence-electron chi connectivity index (χ4n) is 2.24. The molecule has 6 heteroatoms. The largest absolute Gasteiger partial charge is 0.465 e. The van der Waals surface area contributed by atoms with Gasteiger partial charge in [-0.1, -0.05) is 17.7 Å². The molecule has 2 atom stereocenters. The van der Waals surface area contributed by atoms with Crippen molar-refractivity contribution in [2.24, 2.45) is 0 Å². The summed E-state index contributed by atoms with van der Waals surface area (Å²) in [5, 5.41) is 3.18. The first-order chi connectivity index (χ1) is 9.61. The predicted octanol–water partition coefficient (Wildman–Crippen LogP) is 2.46. The van der Waals surface area contributed by atoms with E-state index in [0.717, 1.165) is 6.42 Å². The monoisotopic (exact) mass is 301 g/mol. The molecule has 1 heterocycles. The summed E-state index contributed by atoms with van der Waals surface area (Å²) < 4.78 is 24.0. The van der Waals surface area contributed by atoms with E-state index < -0.39 is 5.82 Å². The Morgan fingerprint density at radius 1 is 1.60 bits per heavy atom. The minimum absolute atomic E-state index is 0.0417. The van der Waals surface area contributed by atoms with E-state index in [2.05, 4.69) is 5.32 Å². The second-order valence-corrected chi connectivity index (χ2v) is 4.95. The smallest absolute Gasteiger partial charge is 0.319 e. The fraction of sp³-hybridized carbons (Fsp3) is 0.500. The maximum atomic E-state index is 13.5. The van der Waals surface area contributed by atoms with Gasteiger partial charge in [0.15, 0.2) is 0 Å². The highest BCUT2D eigenvalue weighted by Crippen LogP contribution is 2.30. The molecule has 0 aliphatic carbocycles. The second kappa shape index (κ2) is 7.02. The molecule has 4 nitrogen and oxygen atoms in total. The zero-order valence-corrected chi connectivity index (χ0v) is 12.0. The van der Waals surface area contributed by atoms with Crippen LogP contribution in [0.15, 0.2) is 18.2 Å². The number of hydrogen-bond acceptors (Lipinski definition) is 4. The topological polar surface area (TPSA) is 47.6 Å². The van der Waals surface area contributed by atoms with Gasteiger partial charge in [0.2, 0.25) is 0 Å². The molecule has 1 aromatic carbocycles. The minimum Gasteiger partial charge on any atom is -0.465 e. The van der Waals surface area contributed by atoms with Gasteiger partial charge in [-0.15, -0.1) is 0 Å². The highest BCUT2D eigenvalue weighted by Gasteiger charge is 2.30. The van der Waals surface area contributed by atoms with Gasteiger partial charge in [0.1, 0.15) is 5.82 Å². The third-order valence-electron chi connectivity index (χ3n) is 3.18. The molecule has 2 rings (SSSR count). The van der Waals surface area contributed by atoms with E-state index in [4.69, 9.17) is 21.1 Å². The number of hydrogen-bond donors (Lipinski definition) is 1. The Hall–Kier alpha value is -1.17. The quantitative estimate of drug-likeness (QED) is 0.849. The SMILES string of the molecule is CCOC(=O)CN[C@@H]1CCO[C@H]1c1ccc(Cl)c(F)c1. The molecular weight excluding hydrogens is 285 g/mol. The van der Waals surface area contributed by atoms with Gasteiger partial charge in [-0.2, -0.15) is 0 Å². The minimum atomic E-state index is -0.469. The molecule has 1 aliphatic rings. The van der Waals surface area contributed by atoms with E-state index in [1.807, 2.05) is 0 Å². The first-order valence-corrected chi connectivity index (χ1v) is 6.95. The first kappa shape index (κ1) is 15.2. The van der Waals surface area contributed by atoms with Crippen LogP contribution in [-0.2, 0) is 14.3 Å². The Kier molecular flexibility index (Phi) is 5.34. The van der Waals surface area contributed by atoms with Crippen molar-refractivity contribution in [3.8, 4) is 0 Å². The van der Waals surface area contributed by atoms with Crippen LogP contribution in [0.4, 0.5) is 4.39 Å². The molecular formula is C14H17ClFNO3. The summed E-state index contributed by atoms with van der Waals surface area (Å²) in [4.78, 5) is 11.3. The Labute approximate surface area is 122 Å².